The van der Waals surface area contributed by atoms with E-state index in [1.807, 2.05) is 0 Å². The van der Waals surface area contributed by atoms with E-state index in [4.69, 9.17) is 5.11 Å². The summed E-state index contributed by atoms with van der Waals surface area (Å²) in [5, 5.41) is 8.83. The number of pyridine rings is 1. The van der Waals surface area contributed by atoms with Crippen LogP contribution in [0, 0.1) is 0 Å². The lowest BCUT2D eigenvalue weighted by Crippen LogP contribution is -2.41. The quantitative estimate of drug-likeness (QED) is 0.849. The van der Waals surface area contributed by atoms with Gasteiger partial charge in [0.2, 0.25) is 0 Å². The van der Waals surface area contributed by atoms with E-state index >= 15 is 0 Å². The molecule has 4 nitrogen and oxygen atoms in total. The minimum atomic E-state index is -5.73. The first-order valence-electron chi connectivity index (χ1n) is 5.38. The molecule has 1 aromatic rings. The third-order valence-corrected chi connectivity index (χ3v) is 2.39. The fourth-order valence-corrected chi connectivity index (χ4v) is 1.39. The second-order valence-corrected chi connectivity index (χ2v) is 3.79. The maximum atomic E-state index is 12.7. The van der Waals surface area contributed by atoms with Crippen molar-refractivity contribution in [3.63, 3.8) is 0 Å². The summed E-state index contributed by atoms with van der Waals surface area (Å²) >= 11 is 0. The molecule has 1 N–H and O–H groups in total. The van der Waals surface area contributed by atoms with Gasteiger partial charge in [-0.3, -0.25) is 0 Å². The summed E-state index contributed by atoms with van der Waals surface area (Å²) in [6, 6.07) is 1.04. The molecule has 0 bridgehead atoms. The maximum absolute atomic E-state index is 12.7. The number of alkyl halides is 5. The number of hydrogen-bond acceptors (Lipinski definition) is 3. The van der Waals surface area contributed by atoms with Crippen LogP contribution >= 0.6 is 0 Å². The number of carboxylic acid groups (broad SMARTS) is 1. The van der Waals surface area contributed by atoms with Crippen LogP contribution < -0.4 is 4.74 Å². The van der Waals surface area contributed by atoms with E-state index in [2.05, 4.69) is 9.72 Å². The molecule has 0 radical (unpaired) electrons. The Morgan fingerprint density at radius 2 is 1.95 bits per heavy atom. The Morgan fingerprint density at radius 3 is 2.40 bits per heavy atom. The standard InChI is InChI=1S/C11H10F5NO3/c1-2-6-7(3-4-17-8(6)9(18)19)20-5-10(12,13)11(14,15)16/h3-4H,2,5H2,1H3,(H,18,19). The molecule has 0 aliphatic rings. The normalized spacial score (nSPS) is 12.3. The molecule has 20 heavy (non-hydrogen) atoms. The lowest BCUT2D eigenvalue weighted by Gasteiger charge is -2.20. The summed E-state index contributed by atoms with van der Waals surface area (Å²) in [6.07, 6.45) is -4.71. The molecule has 0 spiro atoms. The third kappa shape index (κ3) is 3.34. The maximum Gasteiger partial charge on any atom is 0.456 e. The van der Waals surface area contributed by atoms with Gasteiger partial charge in [0.05, 0.1) is 0 Å². The Morgan fingerprint density at radius 1 is 1.35 bits per heavy atom. The first-order chi connectivity index (χ1) is 9.10. The lowest BCUT2D eigenvalue weighted by molar-refractivity contribution is -0.290. The fraction of sp³-hybridized carbons (Fsp3) is 0.455. The number of nitrogens with zero attached hydrogens (tertiary/aromatic N) is 1. The Bertz CT molecular complexity index is 501. The van der Waals surface area contributed by atoms with Crippen LogP contribution in [0.5, 0.6) is 5.75 Å². The monoisotopic (exact) mass is 299 g/mol. The molecule has 0 unspecified atom stereocenters. The van der Waals surface area contributed by atoms with E-state index in [0.717, 1.165) is 12.3 Å². The fourth-order valence-electron chi connectivity index (χ4n) is 1.39. The van der Waals surface area contributed by atoms with Crippen LogP contribution in [0.25, 0.3) is 0 Å². The highest BCUT2D eigenvalue weighted by atomic mass is 19.4. The van der Waals surface area contributed by atoms with Crippen LogP contribution in [-0.4, -0.2) is 34.8 Å². The molecule has 0 aromatic carbocycles. The summed E-state index contributed by atoms with van der Waals surface area (Å²) in [5.41, 5.74) is -0.488. The second kappa shape index (κ2) is 5.59. The highest BCUT2D eigenvalue weighted by Gasteiger charge is 2.58. The van der Waals surface area contributed by atoms with Crippen LogP contribution in [-0.2, 0) is 6.42 Å². The number of carbonyl (C=O) groups is 1. The summed E-state index contributed by atoms with van der Waals surface area (Å²) in [6.45, 7) is -0.426. The van der Waals surface area contributed by atoms with Crippen molar-refractivity contribution >= 4 is 5.97 Å². The largest absolute Gasteiger partial charge is 0.486 e. The highest BCUT2D eigenvalue weighted by molar-refractivity contribution is 5.87. The van der Waals surface area contributed by atoms with Gasteiger partial charge in [-0.15, -0.1) is 0 Å². The zero-order valence-corrected chi connectivity index (χ0v) is 10.2. The molecule has 1 heterocycles. The van der Waals surface area contributed by atoms with E-state index in [1.165, 1.54) is 6.92 Å². The van der Waals surface area contributed by atoms with E-state index < -0.39 is 30.4 Å². The van der Waals surface area contributed by atoms with Gasteiger partial charge in [-0.2, -0.15) is 22.0 Å². The molecule has 0 saturated carbocycles. The van der Waals surface area contributed by atoms with Gasteiger partial charge in [0.1, 0.15) is 5.75 Å². The van der Waals surface area contributed by atoms with E-state index in [1.54, 1.807) is 0 Å². The van der Waals surface area contributed by atoms with Gasteiger partial charge >= 0.3 is 18.1 Å². The predicted molar refractivity (Wildman–Crippen MR) is 57.1 cm³/mol. The summed E-state index contributed by atoms with van der Waals surface area (Å²) in [5.74, 6) is -6.80. The minimum absolute atomic E-state index is 0.0435. The molecule has 0 saturated heterocycles. The van der Waals surface area contributed by atoms with Crippen LogP contribution in [0.1, 0.15) is 23.0 Å². The van der Waals surface area contributed by atoms with Crippen molar-refractivity contribution in [1.82, 2.24) is 4.98 Å². The molecule has 1 aromatic heterocycles. The van der Waals surface area contributed by atoms with Crippen LogP contribution in [0.4, 0.5) is 22.0 Å². The molecule has 0 atom stereocenters. The zero-order chi connectivity index (χ0) is 15.6. The number of carboxylic acids is 1. The smallest absolute Gasteiger partial charge is 0.456 e. The summed E-state index contributed by atoms with van der Waals surface area (Å²) < 4.78 is 65.9. The topological polar surface area (TPSA) is 59.4 Å². The number of hydrogen-bond donors (Lipinski definition) is 1. The van der Waals surface area contributed by atoms with Gasteiger partial charge in [0, 0.05) is 11.8 Å². The number of ether oxygens (including phenoxy) is 1. The van der Waals surface area contributed by atoms with Crippen molar-refractivity contribution in [2.45, 2.75) is 25.4 Å². The van der Waals surface area contributed by atoms with E-state index in [-0.39, 0.29) is 17.7 Å². The summed E-state index contributed by atoms with van der Waals surface area (Å²) in [4.78, 5) is 14.4. The molecule has 0 fully saturated rings. The van der Waals surface area contributed by atoms with Crippen molar-refractivity contribution in [1.29, 1.82) is 0 Å². The van der Waals surface area contributed by atoms with E-state index in [9.17, 15) is 26.7 Å². The Hall–Kier alpha value is -1.93. The highest BCUT2D eigenvalue weighted by Crippen LogP contribution is 2.36. The Balaban J connectivity index is 3.00. The Kier molecular flexibility index (Phi) is 4.51. The average Bonchev–Trinajstić information content (AvgIpc) is 2.34. The second-order valence-electron chi connectivity index (χ2n) is 3.79. The van der Waals surface area contributed by atoms with Crippen molar-refractivity contribution in [2.75, 3.05) is 6.61 Å². The van der Waals surface area contributed by atoms with Crippen LogP contribution in [0.3, 0.4) is 0 Å². The molecular weight excluding hydrogens is 289 g/mol. The first kappa shape index (κ1) is 16.1. The van der Waals surface area contributed by atoms with Gasteiger partial charge in [-0.05, 0) is 12.5 Å². The molecule has 9 heteroatoms. The molecular formula is C11H10F5NO3. The third-order valence-electron chi connectivity index (χ3n) is 2.39. The van der Waals surface area contributed by atoms with Crippen molar-refractivity contribution < 1.29 is 36.6 Å². The molecule has 0 aliphatic heterocycles. The molecule has 0 aliphatic carbocycles. The minimum Gasteiger partial charge on any atom is -0.486 e. The number of aromatic carboxylic acids is 1. The first-order valence-corrected chi connectivity index (χ1v) is 5.38. The van der Waals surface area contributed by atoms with Crippen molar-refractivity contribution in [3.8, 4) is 5.75 Å². The lowest BCUT2D eigenvalue weighted by atomic mass is 10.1. The van der Waals surface area contributed by atoms with Crippen molar-refractivity contribution in [2.24, 2.45) is 0 Å². The zero-order valence-electron chi connectivity index (χ0n) is 10.2. The van der Waals surface area contributed by atoms with Gasteiger partial charge < -0.3 is 9.84 Å². The molecule has 1 rings (SSSR count). The van der Waals surface area contributed by atoms with E-state index in [0.29, 0.717) is 0 Å². The number of aromatic nitrogens is 1. The van der Waals surface area contributed by atoms with Crippen LogP contribution in [0.2, 0.25) is 0 Å². The van der Waals surface area contributed by atoms with Gasteiger partial charge in [0.25, 0.3) is 0 Å². The summed E-state index contributed by atoms with van der Waals surface area (Å²) in [7, 11) is 0. The predicted octanol–water partition coefficient (Wildman–Crippen LogP) is 2.92. The van der Waals surface area contributed by atoms with Gasteiger partial charge in [-0.1, -0.05) is 6.92 Å². The SMILES string of the molecule is CCc1c(OCC(F)(F)C(F)(F)F)ccnc1C(=O)O. The molecule has 0 amide bonds. The van der Waals surface area contributed by atoms with Crippen LogP contribution in [0.15, 0.2) is 12.3 Å². The van der Waals surface area contributed by atoms with Crippen molar-refractivity contribution in [3.05, 3.63) is 23.5 Å². The Labute approximate surface area is 110 Å². The number of rotatable bonds is 5. The average molecular weight is 299 g/mol. The number of halogens is 5. The molecule has 112 valence electrons. The van der Waals surface area contributed by atoms with Gasteiger partial charge in [0.15, 0.2) is 12.3 Å². The van der Waals surface area contributed by atoms with Gasteiger partial charge in [-0.25, -0.2) is 9.78 Å².